The highest BCUT2D eigenvalue weighted by Gasteiger charge is 2.42. The summed E-state index contributed by atoms with van der Waals surface area (Å²) >= 11 is 1.23. The summed E-state index contributed by atoms with van der Waals surface area (Å²) in [6, 6.07) is 0. The molecule has 1 amide bonds. The van der Waals surface area contributed by atoms with Crippen molar-refractivity contribution in [2.75, 3.05) is 12.4 Å². The number of nitrogens with one attached hydrogen (secondary N) is 2. The van der Waals surface area contributed by atoms with E-state index in [-0.39, 0.29) is 11.4 Å². The van der Waals surface area contributed by atoms with Crippen molar-refractivity contribution in [2.24, 2.45) is 0 Å². The van der Waals surface area contributed by atoms with Gasteiger partial charge < -0.3 is 10.6 Å². The lowest BCUT2D eigenvalue weighted by atomic mass is 9.76. The highest BCUT2D eigenvalue weighted by Crippen LogP contribution is 2.32. The molecule has 1 fully saturated rings. The first kappa shape index (κ1) is 9.54. The molecule has 0 spiro atoms. The Labute approximate surface area is 86.1 Å². The fraction of sp³-hybridized carbons (Fsp3) is 0.625. The van der Waals surface area contributed by atoms with E-state index in [4.69, 9.17) is 0 Å². The molecule has 0 saturated heterocycles. The molecular formula is C8H12N4OS. The summed E-state index contributed by atoms with van der Waals surface area (Å²) in [6.07, 6.45) is 2.89. The van der Waals surface area contributed by atoms with Crippen LogP contribution < -0.4 is 10.6 Å². The number of rotatable bonds is 3. The van der Waals surface area contributed by atoms with E-state index in [1.54, 1.807) is 5.38 Å². The minimum Gasteiger partial charge on any atom is -0.307 e. The zero-order valence-electron chi connectivity index (χ0n) is 7.91. The van der Waals surface area contributed by atoms with E-state index in [9.17, 15) is 4.79 Å². The zero-order chi connectivity index (χ0) is 10.0. The highest BCUT2D eigenvalue weighted by atomic mass is 32.1. The Hall–Kier alpha value is -1.01. The lowest BCUT2D eigenvalue weighted by Crippen LogP contribution is -2.58. The van der Waals surface area contributed by atoms with Gasteiger partial charge >= 0.3 is 0 Å². The van der Waals surface area contributed by atoms with Crippen molar-refractivity contribution in [3.63, 3.8) is 0 Å². The van der Waals surface area contributed by atoms with Gasteiger partial charge in [-0.25, -0.2) is 0 Å². The van der Waals surface area contributed by atoms with Gasteiger partial charge in [-0.3, -0.25) is 4.79 Å². The predicted octanol–water partition coefficient (Wildman–Crippen LogP) is 0.619. The fourth-order valence-corrected chi connectivity index (χ4v) is 1.96. The maximum absolute atomic E-state index is 11.8. The molecule has 0 aliphatic heterocycles. The van der Waals surface area contributed by atoms with Crippen LogP contribution in [0.25, 0.3) is 0 Å². The van der Waals surface area contributed by atoms with Crippen molar-refractivity contribution >= 4 is 23.3 Å². The van der Waals surface area contributed by atoms with E-state index in [1.165, 1.54) is 11.5 Å². The number of likely N-dealkylation sites (N-methyl/N-ethyl adjacent to an activating group) is 1. The van der Waals surface area contributed by atoms with Crippen molar-refractivity contribution in [3.05, 3.63) is 5.38 Å². The summed E-state index contributed by atoms with van der Waals surface area (Å²) in [4.78, 5) is 11.8. The van der Waals surface area contributed by atoms with E-state index in [0.717, 1.165) is 19.3 Å². The van der Waals surface area contributed by atoms with E-state index >= 15 is 0 Å². The van der Waals surface area contributed by atoms with Gasteiger partial charge in [0.25, 0.3) is 0 Å². The number of carbonyl (C=O) groups is 1. The molecule has 0 atom stereocenters. The largest absolute Gasteiger partial charge is 0.307 e. The van der Waals surface area contributed by atoms with Crippen molar-refractivity contribution in [1.82, 2.24) is 14.9 Å². The van der Waals surface area contributed by atoms with Crippen LogP contribution in [0.1, 0.15) is 19.3 Å². The third-order valence-electron chi connectivity index (χ3n) is 2.72. The quantitative estimate of drug-likeness (QED) is 0.770. The van der Waals surface area contributed by atoms with Gasteiger partial charge in [0.1, 0.15) is 0 Å². The van der Waals surface area contributed by atoms with Crippen LogP contribution >= 0.6 is 11.5 Å². The van der Waals surface area contributed by atoms with Crippen LogP contribution in [0, 0.1) is 0 Å². The average molecular weight is 212 g/mol. The van der Waals surface area contributed by atoms with Gasteiger partial charge in [-0.15, -0.1) is 5.10 Å². The normalized spacial score (nSPS) is 18.6. The summed E-state index contributed by atoms with van der Waals surface area (Å²) in [6.45, 7) is 0. The molecule has 6 heteroatoms. The summed E-state index contributed by atoms with van der Waals surface area (Å²) in [7, 11) is 1.82. The molecule has 14 heavy (non-hydrogen) atoms. The Balaban J connectivity index is 2.01. The standard InChI is InChI=1S/C8H12N4OS/c1-9-8(3-2-4-8)7(13)10-6-5-14-12-11-6/h5,9H,2-4H2,1H3,(H,10,13). The van der Waals surface area contributed by atoms with Crippen LogP contribution in [0.15, 0.2) is 5.38 Å². The molecule has 0 aromatic carbocycles. The molecule has 0 radical (unpaired) electrons. The predicted molar refractivity (Wildman–Crippen MR) is 54.2 cm³/mol. The van der Waals surface area contributed by atoms with Gasteiger partial charge in [-0.1, -0.05) is 4.49 Å². The number of amides is 1. The molecule has 1 saturated carbocycles. The van der Waals surface area contributed by atoms with Gasteiger partial charge in [-0.05, 0) is 37.8 Å². The number of hydrogen-bond acceptors (Lipinski definition) is 5. The molecule has 1 aliphatic rings. The highest BCUT2D eigenvalue weighted by molar-refractivity contribution is 7.03. The van der Waals surface area contributed by atoms with Gasteiger partial charge in [0, 0.05) is 0 Å². The molecule has 2 N–H and O–H groups in total. The number of carbonyl (C=O) groups excluding carboxylic acids is 1. The molecule has 1 aliphatic carbocycles. The van der Waals surface area contributed by atoms with Gasteiger partial charge in [-0.2, -0.15) is 0 Å². The lowest BCUT2D eigenvalue weighted by molar-refractivity contribution is -0.125. The average Bonchev–Trinajstić information content (AvgIpc) is 2.55. The number of hydrogen-bond donors (Lipinski definition) is 2. The Bertz CT molecular complexity index is 315. The third-order valence-corrected chi connectivity index (χ3v) is 3.23. The van der Waals surface area contributed by atoms with Crippen LogP contribution in [0.2, 0.25) is 0 Å². The Morgan fingerprint density at radius 3 is 2.86 bits per heavy atom. The number of anilines is 1. The van der Waals surface area contributed by atoms with Crippen molar-refractivity contribution in [2.45, 2.75) is 24.8 Å². The number of aromatic nitrogens is 2. The van der Waals surface area contributed by atoms with E-state index in [0.29, 0.717) is 5.82 Å². The second-order valence-corrected chi connectivity index (χ2v) is 4.04. The molecule has 5 nitrogen and oxygen atoms in total. The Morgan fingerprint density at radius 1 is 1.64 bits per heavy atom. The molecular weight excluding hydrogens is 200 g/mol. The summed E-state index contributed by atoms with van der Waals surface area (Å²) in [5.41, 5.74) is -0.371. The van der Waals surface area contributed by atoms with Crippen molar-refractivity contribution in [1.29, 1.82) is 0 Å². The third kappa shape index (κ3) is 1.51. The molecule has 1 heterocycles. The SMILES string of the molecule is CNC1(C(=O)Nc2csnn2)CCC1. The Morgan fingerprint density at radius 2 is 2.43 bits per heavy atom. The van der Waals surface area contributed by atoms with Gasteiger partial charge in [0.15, 0.2) is 5.82 Å². The molecule has 0 unspecified atom stereocenters. The fourth-order valence-electron chi connectivity index (χ4n) is 1.58. The minimum atomic E-state index is -0.371. The second kappa shape index (κ2) is 3.62. The monoisotopic (exact) mass is 212 g/mol. The first-order valence-corrected chi connectivity index (χ1v) is 5.38. The smallest absolute Gasteiger partial charge is 0.245 e. The zero-order valence-corrected chi connectivity index (χ0v) is 8.73. The van der Waals surface area contributed by atoms with Crippen molar-refractivity contribution < 1.29 is 4.79 Å². The molecule has 1 aromatic heterocycles. The van der Waals surface area contributed by atoms with Crippen LogP contribution in [-0.4, -0.2) is 28.1 Å². The van der Waals surface area contributed by atoms with E-state index < -0.39 is 0 Å². The second-order valence-electron chi connectivity index (χ2n) is 3.43. The Kier molecular flexibility index (Phi) is 2.47. The summed E-state index contributed by atoms with van der Waals surface area (Å²) < 4.78 is 3.68. The van der Waals surface area contributed by atoms with Crippen LogP contribution in [0.5, 0.6) is 0 Å². The lowest BCUT2D eigenvalue weighted by Gasteiger charge is -2.39. The first-order chi connectivity index (χ1) is 6.77. The number of nitrogens with zero attached hydrogens (tertiary/aromatic N) is 2. The molecule has 2 rings (SSSR count). The van der Waals surface area contributed by atoms with Crippen LogP contribution in [0.4, 0.5) is 5.82 Å². The van der Waals surface area contributed by atoms with Gasteiger partial charge in [0.05, 0.1) is 10.9 Å². The van der Waals surface area contributed by atoms with Crippen LogP contribution in [-0.2, 0) is 4.79 Å². The first-order valence-electron chi connectivity index (χ1n) is 4.54. The van der Waals surface area contributed by atoms with E-state index in [2.05, 4.69) is 20.2 Å². The van der Waals surface area contributed by atoms with Crippen LogP contribution in [0.3, 0.4) is 0 Å². The topological polar surface area (TPSA) is 66.9 Å². The molecule has 0 bridgehead atoms. The molecule has 1 aromatic rings. The maximum atomic E-state index is 11.8. The minimum absolute atomic E-state index is 0.000972. The molecule has 76 valence electrons. The summed E-state index contributed by atoms with van der Waals surface area (Å²) in [5.74, 6) is 0.542. The summed E-state index contributed by atoms with van der Waals surface area (Å²) in [5, 5.41) is 11.3. The van der Waals surface area contributed by atoms with E-state index in [1.807, 2.05) is 7.05 Å². The maximum Gasteiger partial charge on any atom is 0.245 e. The van der Waals surface area contributed by atoms with Crippen molar-refractivity contribution in [3.8, 4) is 0 Å². The van der Waals surface area contributed by atoms with Gasteiger partial charge in [0.2, 0.25) is 5.91 Å².